The number of thioether (sulfide) groups is 1. The molecule has 1 aromatic rings. The molecule has 0 aliphatic rings. The fourth-order valence-corrected chi connectivity index (χ4v) is 3.94. The van der Waals surface area contributed by atoms with Gasteiger partial charge in [0.25, 0.3) is 0 Å². The van der Waals surface area contributed by atoms with E-state index in [9.17, 15) is 8.42 Å². The van der Waals surface area contributed by atoms with Crippen molar-refractivity contribution in [2.45, 2.75) is 38.1 Å². The highest BCUT2D eigenvalue weighted by Crippen LogP contribution is 2.19. The number of nitrogens with two attached hydrogens (primary N) is 1. The van der Waals surface area contributed by atoms with Crippen LogP contribution in [0, 0.1) is 13.8 Å². The Morgan fingerprint density at radius 3 is 2.65 bits per heavy atom. The number of hydrogen-bond donors (Lipinski definition) is 2. The minimum Gasteiger partial charge on any atom is -0.330 e. The molecule has 20 heavy (non-hydrogen) atoms. The molecule has 0 unspecified atom stereocenters. The Morgan fingerprint density at radius 2 is 2.05 bits per heavy atom. The number of sulfonamides is 1. The van der Waals surface area contributed by atoms with Crippen molar-refractivity contribution in [2.24, 2.45) is 5.73 Å². The van der Waals surface area contributed by atoms with Crippen LogP contribution in [0.2, 0.25) is 0 Å². The maximum Gasteiger partial charge on any atom is 0.244 e. The maximum absolute atomic E-state index is 12.3. The molecule has 0 aromatic carbocycles. The number of rotatable bonds is 9. The van der Waals surface area contributed by atoms with E-state index in [0.29, 0.717) is 35.9 Å². The monoisotopic (exact) mass is 320 g/mol. The zero-order chi connectivity index (χ0) is 15.2. The predicted molar refractivity (Wildman–Crippen MR) is 83.6 cm³/mol. The minimum absolute atomic E-state index is 0.304. The molecule has 1 aromatic heterocycles. The molecule has 0 atom stereocenters. The second kappa shape index (κ2) is 8.02. The average Bonchev–Trinajstić information content (AvgIpc) is 2.67. The van der Waals surface area contributed by atoms with Gasteiger partial charge in [-0.3, -0.25) is 4.68 Å². The summed E-state index contributed by atoms with van der Waals surface area (Å²) in [4.78, 5) is 0.304. The molecule has 0 radical (unpaired) electrons. The molecule has 1 heterocycles. The summed E-state index contributed by atoms with van der Waals surface area (Å²) in [6.07, 6.45) is 3.60. The first-order valence-corrected chi connectivity index (χ1v) is 9.54. The van der Waals surface area contributed by atoms with E-state index in [1.165, 1.54) is 0 Å². The van der Waals surface area contributed by atoms with Gasteiger partial charge in [0.2, 0.25) is 10.0 Å². The summed E-state index contributed by atoms with van der Waals surface area (Å²) < 4.78 is 29.0. The summed E-state index contributed by atoms with van der Waals surface area (Å²) in [6.45, 7) is 5.17. The Balaban J connectivity index is 2.86. The Morgan fingerprint density at radius 1 is 1.35 bits per heavy atom. The number of nitrogens with one attached hydrogen (secondary N) is 1. The normalized spacial score (nSPS) is 12.0. The summed E-state index contributed by atoms with van der Waals surface area (Å²) in [7, 11) is -3.48. The quantitative estimate of drug-likeness (QED) is 0.659. The molecule has 0 spiro atoms. The van der Waals surface area contributed by atoms with Crippen LogP contribution >= 0.6 is 11.8 Å². The Bertz CT molecular complexity index is 526. The van der Waals surface area contributed by atoms with Gasteiger partial charge in [0.15, 0.2) is 0 Å². The first-order chi connectivity index (χ1) is 9.44. The van der Waals surface area contributed by atoms with Gasteiger partial charge in [-0.1, -0.05) is 0 Å². The Hall–Kier alpha value is -0.570. The van der Waals surface area contributed by atoms with Crippen molar-refractivity contribution in [1.82, 2.24) is 14.5 Å². The van der Waals surface area contributed by atoms with E-state index >= 15 is 0 Å². The van der Waals surface area contributed by atoms with Gasteiger partial charge in [-0.15, -0.1) is 0 Å². The van der Waals surface area contributed by atoms with Crippen LogP contribution in [0.5, 0.6) is 0 Å². The van der Waals surface area contributed by atoms with Gasteiger partial charge in [-0.25, -0.2) is 13.1 Å². The van der Waals surface area contributed by atoms with Gasteiger partial charge in [0, 0.05) is 13.1 Å². The molecule has 0 amide bonds. The molecule has 0 aliphatic heterocycles. The summed E-state index contributed by atoms with van der Waals surface area (Å²) in [5.41, 5.74) is 6.69. The molecule has 3 N–H and O–H groups in total. The van der Waals surface area contributed by atoms with Crippen molar-refractivity contribution in [3.05, 3.63) is 11.4 Å². The summed E-state index contributed by atoms with van der Waals surface area (Å²) in [6, 6.07) is 0. The predicted octanol–water partition coefficient (Wildman–Crippen LogP) is 0.880. The third-order valence-electron chi connectivity index (χ3n) is 2.98. The van der Waals surface area contributed by atoms with Crippen molar-refractivity contribution < 1.29 is 8.42 Å². The number of hydrogen-bond acceptors (Lipinski definition) is 5. The first kappa shape index (κ1) is 17.5. The van der Waals surface area contributed by atoms with Gasteiger partial charge in [-0.2, -0.15) is 16.9 Å². The van der Waals surface area contributed by atoms with E-state index < -0.39 is 10.0 Å². The molecule has 8 heteroatoms. The van der Waals surface area contributed by atoms with E-state index in [4.69, 9.17) is 5.73 Å². The summed E-state index contributed by atoms with van der Waals surface area (Å²) >= 11 is 1.70. The summed E-state index contributed by atoms with van der Waals surface area (Å²) in [5.74, 6) is 0.941. The van der Waals surface area contributed by atoms with Crippen LogP contribution in [0.15, 0.2) is 4.90 Å². The largest absolute Gasteiger partial charge is 0.330 e. The van der Waals surface area contributed by atoms with E-state index in [2.05, 4.69) is 9.82 Å². The van der Waals surface area contributed by atoms with Gasteiger partial charge in [0.1, 0.15) is 4.90 Å². The van der Waals surface area contributed by atoms with Crippen molar-refractivity contribution in [3.63, 3.8) is 0 Å². The van der Waals surface area contributed by atoms with Crippen LogP contribution in [0.4, 0.5) is 0 Å². The lowest BCUT2D eigenvalue weighted by atomic mass is 10.4. The van der Waals surface area contributed by atoms with Crippen LogP contribution in [0.1, 0.15) is 24.2 Å². The van der Waals surface area contributed by atoms with Gasteiger partial charge < -0.3 is 5.73 Å². The second-order valence-electron chi connectivity index (χ2n) is 4.61. The Labute approximate surface area is 125 Å². The van der Waals surface area contributed by atoms with Gasteiger partial charge in [0.05, 0.1) is 11.4 Å². The van der Waals surface area contributed by atoms with Crippen molar-refractivity contribution in [3.8, 4) is 0 Å². The Kier molecular flexibility index (Phi) is 7.01. The highest BCUT2D eigenvalue weighted by molar-refractivity contribution is 7.98. The highest BCUT2D eigenvalue weighted by Gasteiger charge is 2.23. The molecule has 6 nitrogen and oxygen atoms in total. The van der Waals surface area contributed by atoms with Crippen LogP contribution in [-0.2, 0) is 16.6 Å². The fourth-order valence-electron chi connectivity index (χ4n) is 2.02. The number of aryl methyl sites for hydroxylation is 2. The van der Waals surface area contributed by atoms with Gasteiger partial charge in [-0.05, 0) is 45.2 Å². The molecule has 0 saturated heterocycles. The number of aromatic nitrogens is 2. The highest BCUT2D eigenvalue weighted by atomic mass is 32.2. The molecular weight excluding hydrogens is 296 g/mol. The molecule has 1 rings (SSSR count). The average molecular weight is 320 g/mol. The van der Waals surface area contributed by atoms with Crippen molar-refractivity contribution in [2.75, 3.05) is 25.1 Å². The minimum atomic E-state index is -3.48. The maximum atomic E-state index is 12.3. The van der Waals surface area contributed by atoms with Crippen molar-refractivity contribution in [1.29, 1.82) is 0 Å². The van der Waals surface area contributed by atoms with E-state index in [-0.39, 0.29) is 0 Å². The first-order valence-electron chi connectivity index (χ1n) is 6.66. The summed E-state index contributed by atoms with van der Waals surface area (Å²) in [5, 5.41) is 4.30. The van der Waals surface area contributed by atoms with E-state index in [1.807, 2.05) is 6.26 Å². The molecule has 0 saturated carbocycles. The second-order valence-corrected chi connectivity index (χ2v) is 7.30. The third kappa shape index (κ3) is 4.47. The van der Waals surface area contributed by atoms with Crippen LogP contribution in [0.25, 0.3) is 0 Å². The molecule has 116 valence electrons. The molecule has 0 bridgehead atoms. The third-order valence-corrected chi connectivity index (χ3v) is 5.38. The van der Waals surface area contributed by atoms with Crippen LogP contribution in [-0.4, -0.2) is 43.3 Å². The lowest BCUT2D eigenvalue weighted by Gasteiger charge is -2.07. The molecule has 0 aliphatic carbocycles. The number of nitrogens with zero attached hydrogens (tertiary/aromatic N) is 2. The molecule has 0 fully saturated rings. The lowest BCUT2D eigenvalue weighted by molar-refractivity contribution is 0.563. The standard InChI is InChI=1S/C12H24N4O2S2/c1-10-12(11(2)16(15-10)8-4-6-13)20(17,18)14-7-5-9-19-3/h14H,4-9,13H2,1-3H3. The smallest absolute Gasteiger partial charge is 0.244 e. The fraction of sp³-hybridized carbons (Fsp3) is 0.750. The zero-order valence-electron chi connectivity index (χ0n) is 12.3. The lowest BCUT2D eigenvalue weighted by Crippen LogP contribution is -2.26. The molecular formula is C12H24N4O2S2. The van der Waals surface area contributed by atoms with E-state index in [1.54, 1.807) is 30.3 Å². The SMILES string of the molecule is CSCCCNS(=O)(=O)c1c(C)nn(CCCN)c1C. The van der Waals surface area contributed by atoms with E-state index in [0.717, 1.165) is 18.6 Å². The topological polar surface area (TPSA) is 90.0 Å². The zero-order valence-corrected chi connectivity index (χ0v) is 14.0. The van der Waals surface area contributed by atoms with Crippen molar-refractivity contribution >= 4 is 21.8 Å². The van der Waals surface area contributed by atoms with Gasteiger partial charge >= 0.3 is 0 Å². The van der Waals surface area contributed by atoms with Crippen LogP contribution in [0.3, 0.4) is 0 Å². The van der Waals surface area contributed by atoms with Crippen LogP contribution < -0.4 is 10.5 Å².